The van der Waals surface area contributed by atoms with Crippen LogP contribution in [0.25, 0.3) is 10.9 Å². The SMILES string of the molecule is CCOc1ccc(CN2C(=O)c3cc4ccccc4n3C[C@@]2(C)C(=O)NCCC(C)C)cc1. The van der Waals surface area contributed by atoms with Gasteiger partial charge < -0.3 is 19.5 Å². The Bertz CT molecular complexity index is 1150. The first-order chi connectivity index (χ1) is 15.8. The Morgan fingerprint density at radius 3 is 2.58 bits per heavy atom. The average molecular weight is 448 g/mol. The minimum atomic E-state index is -1.01. The number of carbonyl (C=O) groups excluding carboxylic acids is 2. The number of rotatable bonds is 8. The second-order valence-corrected chi connectivity index (χ2v) is 9.36. The topological polar surface area (TPSA) is 63.6 Å². The number of para-hydroxylation sites is 1. The van der Waals surface area contributed by atoms with Crippen molar-refractivity contribution in [3.63, 3.8) is 0 Å². The first-order valence-electron chi connectivity index (χ1n) is 11.7. The van der Waals surface area contributed by atoms with Gasteiger partial charge in [-0.05, 0) is 56.0 Å². The quantitative estimate of drug-likeness (QED) is 0.548. The lowest BCUT2D eigenvalue weighted by molar-refractivity contribution is -0.133. The number of hydrogen-bond acceptors (Lipinski definition) is 3. The Morgan fingerprint density at radius 2 is 1.88 bits per heavy atom. The van der Waals surface area contributed by atoms with Crippen LogP contribution in [0.3, 0.4) is 0 Å². The Hall–Kier alpha value is -3.28. The van der Waals surface area contributed by atoms with Gasteiger partial charge in [0.1, 0.15) is 17.0 Å². The van der Waals surface area contributed by atoms with E-state index in [-0.39, 0.29) is 11.8 Å². The fraction of sp³-hybridized carbons (Fsp3) is 0.407. The number of amides is 2. The summed E-state index contributed by atoms with van der Waals surface area (Å²) in [6.07, 6.45) is 0.895. The number of carbonyl (C=O) groups is 2. The molecule has 2 aromatic carbocycles. The summed E-state index contributed by atoms with van der Waals surface area (Å²) in [5.41, 5.74) is 1.54. The van der Waals surface area contributed by atoms with Crippen LogP contribution in [0, 0.1) is 5.92 Å². The molecule has 33 heavy (non-hydrogen) atoms. The summed E-state index contributed by atoms with van der Waals surface area (Å²) in [5, 5.41) is 4.10. The van der Waals surface area contributed by atoms with Crippen molar-refractivity contribution in [2.75, 3.05) is 13.2 Å². The summed E-state index contributed by atoms with van der Waals surface area (Å²) in [7, 11) is 0. The molecule has 0 fully saturated rings. The number of ether oxygens (including phenoxy) is 1. The van der Waals surface area contributed by atoms with E-state index < -0.39 is 5.54 Å². The van der Waals surface area contributed by atoms with Crippen LogP contribution in [0.1, 0.15) is 50.2 Å². The Labute approximate surface area is 195 Å². The van der Waals surface area contributed by atoms with Crippen molar-refractivity contribution >= 4 is 22.7 Å². The van der Waals surface area contributed by atoms with E-state index in [9.17, 15) is 9.59 Å². The van der Waals surface area contributed by atoms with Crippen molar-refractivity contribution in [3.8, 4) is 5.75 Å². The van der Waals surface area contributed by atoms with Crippen LogP contribution in [0.2, 0.25) is 0 Å². The van der Waals surface area contributed by atoms with Gasteiger partial charge in [0.25, 0.3) is 5.91 Å². The molecule has 0 spiro atoms. The second-order valence-electron chi connectivity index (χ2n) is 9.36. The van der Waals surface area contributed by atoms with Crippen LogP contribution in [0.4, 0.5) is 0 Å². The van der Waals surface area contributed by atoms with E-state index in [1.807, 2.05) is 73.0 Å². The molecule has 1 aromatic heterocycles. The average Bonchev–Trinajstić information content (AvgIpc) is 3.16. The van der Waals surface area contributed by atoms with Crippen molar-refractivity contribution in [1.29, 1.82) is 0 Å². The predicted octanol–water partition coefficient (Wildman–Crippen LogP) is 4.62. The fourth-order valence-corrected chi connectivity index (χ4v) is 4.46. The number of benzene rings is 2. The van der Waals surface area contributed by atoms with E-state index in [2.05, 4.69) is 19.2 Å². The van der Waals surface area contributed by atoms with Crippen LogP contribution in [-0.2, 0) is 17.9 Å². The van der Waals surface area contributed by atoms with Crippen molar-refractivity contribution in [3.05, 3.63) is 65.9 Å². The van der Waals surface area contributed by atoms with Crippen molar-refractivity contribution in [1.82, 2.24) is 14.8 Å². The molecule has 0 saturated heterocycles. The third kappa shape index (κ3) is 4.47. The fourth-order valence-electron chi connectivity index (χ4n) is 4.46. The molecule has 2 heterocycles. The molecule has 6 nitrogen and oxygen atoms in total. The standard InChI is InChI=1S/C27H33N3O3/c1-5-33-22-12-10-20(11-13-22)17-30-25(31)24-16-21-8-6-7-9-23(21)29(24)18-27(30,4)26(32)28-15-14-19(2)3/h6-13,16,19H,5,14-15,17-18H2,1-4H3,(H,28,32)/t27-/m0/s1. The normalized spacial score (nSPS) is 18.0. The first-order valence-corrected chi connectivity index (χ1v) is 11.7. The van der Waals surface area contributed by atoms with Gasteiger partial charge in [-0.3, -0.25) is 9.59 Å². The molecule has 0 unspecified atom stereocenters. The first kappa shape index (κ1) is 22.9. The highest BCUT2D eigenvalue weighted by Crippen LogP contribution is 2.33. The maximum Gasteiger partial charge on any atom is 0.271 e. The molecule has 0 radical (unpaired) electrons. The largest absolute Gasteiger partial charge is 0.494 e. The van der Waals surface area contributed by atoms with Crippen molar-refractivity contribution in [2.45, 2.75) is 52.7 Å². The summed E-state index contributed by atoms with van der Waals surface area (Å²) in [6, 6.07) is 17.6. The van der Waals surface area contributed by atoms with Gasteiger partial charge in [-0.25, -0.2) is 0 Å². The van der Waals surface area contributed by atoms with Gasteiger partial charge in [-0.2, -0.15) is 0 Å². The minimum Gasteiger partial charge on any atom is -0.494 e. The molecular formula is C27H33N3O3. The zero-order valence-electron chi connectivity index (χ0n) is 19.9. The number of hydrogen-bond donors (Lipinski definition) is 1. The lowest BCUT2D eigenvalue weighted by Gasteiger charge is -2.44. The summed E-state index contributed by atoms with van der Waals surface area (Å²) in [5.74, 6) is 1.03. The highest BCUT2D eigenvalue weighted by Gasteiger charge is 2.47. The molecule has 0 bridgehead atoms. The molecule has 0 aliphatic carbocycles. The Morgan fingerprint density at radius 1 is 1.15 bits per heavy atom. The van der Waals surface area contributed by atoms with Gasteiger partial charge in [-0.15, -0.1) is 0 Å². The molecule has 1 N–H and O–H groups in total. The van der Waals surface area contributed by atoms with Crippen LogP contribution in [-0.4, -0.2) is 40.0 Å². The maximum absolute atomic E-state index is 13.8. The molecule has 4 rings (SSSR count). The van der Waals surface area contributed by atoms with Gasteiger partial charge in [0.2, 0.25) is 5.91 Å². The van der Waals surface area contributed by atoms with Gasteiger partial charge in [0.15, 0.2) is 0 Å². The molecule has 1 aliphatic rings. The molecule has 1 atom stereocenters. The highest BCUT2D eigenvalue weighted by atomic mass is 16.5. The summed E-state index contributed by atoms with van der Waals surface area (Å²) >= 11 is 0. The minimum absolute atomic E-state index is 0.120. The predicted molar refractivity (Wildman–Crippen MR) is 130 cm³/mol. The third-order valence-corrected chi connectivity index (χ3v) is 6.41. The Balaban J connectivity index is 1.70. The number of nitrogens with zero attached hydrogens (tertiary/aromatic N) is 2. The number of fused-ring (bicyclic) bond motifs is 3. The molecule has 6 heteroatoms. The smallest absolute Gasteiger partial charge is 0.271 e. The van der Waals surface area contributed by atoms with Crippen LogP contribution in [0.5, 0.6) is 5.75 Å². The lowest BCUT2D eigenvalue weighted by Crippen LogP contribution is -2.63. The lowest BCUT2D eigenvalue weighted by atomic mass is 9.93. The second kappa shape index (κ2) is 9.30. The summed E-state index contributed by atoms with van der Waals surface area (Å²) in [4.78, 5) is 29.0. The van der Waals surface area contributed by atoms with Crippen LogP contribution < -0.4 is 10.1 Å². The third-order valence-electron chi connectivity index (χ3n) is 6.41. The number of nitrogens with one attached hydrogen (secondary N) is 1. The van der Waals surface area contributed by atoms with Crippen molar-refractivity contribution in [2.24, 2.45) is 5.92 Å². The van der Waals surface area contributed by atoms with E-state index in [4.69, 9.17) is 4.74 Å². The van der Waals surface area contributed by atoms with Crippen molar-refractivity contribution < 1.29 is 14.3 Å². The van der Waals surface area contributed by atoms with Gasteiger partial charge in [0, 0.05) is 24.0 Å². The molecule has 174 valence electrons. The van der Waals surface area contributed by atoms with E-state index in [1.54, 1.807) is 4.90 Å². The van der Waals surface area contributed by atoms with E-state index in [0.717, 1.165) is 28.6 Å². The zero-order chi connectivity index (χ0) is 23.6. The monoisotopic (exact) mass is 447 g/mol. The van der Waals surface area contributed by atoms with Crippen LogP contribution in [0.15, 0.2) is 54.6 Å². The number of aromatic nitrogens is 1. The molecule has 2 amide bonds. The maximum atomic E-state index is 13.8. The molecule has 0 saturated carbocycles. The van der Waals surface area contributed by atoms with E-state index >= 15 is 0 Å². The van der Waals surface area contributed by atoms with Gasteiger partial charge in [-0.1, -0.05) is 44.2 Å². The van der Waals surface area contributed by atoms with E-state index in [1.165, 1.54) is 0 Å². The van der Waals surface area contributed by atoms with E-state index in [0.29, 0.717) is 37.9 Å². The van der Waals surface area contributed by atoms with Crippen LogP contribution >= 0.6 is 0 Å². The molecule has 1 aliphatic heterocycles. The summed E-state index contributed by atoms with van der Waals surface area (Å²) in [6.45, 7) is 10.0. The van der Waals surface area contributed by atoms with Gasteiger partial charge in [0.05, 0.1) is 13.2 Å². The summed E-state index contributed by atoms with van der Waals surface area (Å²) < 4.78 is 7.54. The Kier molecular flexibility index (Phi) is 6.45. The highest BCUT2D eigenvalue weighted by molar-refractivity contribution is 6.03. The zero-order valence-corrected chi connectivity index (χ0v) is 19.9. The molecular weight excluding hydrogens is 414 g/mol. The molecule has 3 aromatic rings. The van der Waals surface area contributed by atoms with Gasteiger partial charge >= 0.3 is 0 Å².